The van der Waals surface area contributed by atoms with Gasteiger partial charge in [-0.05, 0) is 67.6 Å². The van der Waals surface area contributed by atoms with E-state index in [0.717, 1.165) is 35.5 Å². The van der Waals surface area contributed by atoms with E-state index in [1.54, 1.807) is 14.1 Å². The molecule has 206 valence electrons. The molecule has 2 aliphatic heterocycles. The second kappa shape index (κ2) is 10.8. The molecule has 3 aromatic rings. The average molecular weight is 567 g/mol. The molecule has 3 heterocycles. The van der Waals surface area contributed by atoms with Crippen LogP contribution in [0.1, 0.15) is 56.1 Å². The number of nitrogens with one attached hydrogen (secondary N) is 1. The number of sulfonamides is 1. The zero-order valence-electron chi connectivity index (χ0n) is 22.7. The second-order valence-electron chi connectivity index (χ2n) is 10.6. The average Bonchev–Trinajstić information content (AvgIpc) is 3.29. The lowest BCUT2D eigenvalue weighted by Crippen LogP contribution is -2.36. The standard InChI is InChI=1S/C29H34N4O4S2/c1-19(2)32-15-14-24-25(18-32)38-28(26(24)29(35)31(3)4)30-27(34)21-9-11-23(12-10-21)39(36,37)33-16-13-20-7-5-6-8-22(20)17-33/h5-12,19H,13-18H2,1-4H3,(H,30,34). The van der Waals surface area contributed by atoms with Crippen LogP contribution >= 0.6 is 11.3 Å². The minimum Gasteiger partial charge on any atom is -0.345 e. The molecule has 0 fully saturated rings. The molecule has 1 aromatic heterocycles. The van der Waals surface area contributed by atoms with E-state index in [9.17, 15) is 18.0 Å². The fourth-order valence-electron chi connectivity index (χ4n) is 5.18. The highest BCUT2D eigenvalue weighted by Gasteiger charge is 2.31. The molecule has 0 saturated heterocycles. The SMILES string of the molecule is CC(C)N1CCc2c(sc(NC(=O)c3ccc(S(=O)(=O)N4CCc5ccccc5C4)cc3)c2C(=O)N(C)C)C1. The molecule has 0 saturated carbocycles. The van der Waals surface area contributed by atoms with Crippen LogP contribution in [0.4, 0.5) is 5.00 Å². The molecule has 0 aliphatic carbocycles. The van der Waals surface area contributed by atoms with Crippen molar-refractivity contribution in [3.05, 3.63) is 81.2 Å². The van der Waals surface area contributed by atoms with Gasteiger partial charge >= 0.3 is 0 Å². The number of rotatable bonds is 6. The normalized spacial score (nSPS) is 16.0. The monoisotopic (exact) mass is 566 g/mol. The van der Waals surface area contributed by atoms with Crippen LogP contribution in [0, 0.1) is 0 Å². The zero-order valence-corrected chi connectivity index (χ0v) is 24.4. The molecule has 0 spiro atoms. The van der Waals surface area contributed by atoms with Crippen molar-refractivity contribution in [3.63, 3.8) is 0 Å². The Morgan fingerprint density at radius 2 is 1.64 bits per heavy atom. The summed E-state index contributed by atoms with van der Waals surface area (Å²) in [7, 11) is -0.280. The maximum atomic E-state index is 13.3. The van der Waals surface area contributed by atoms with Gasteiger partial charge in [0.25, 0.3) is 11.8 Å². The van der Waals surface area contributed by atoms with Gasteiger partial charge in [0.05, 0.1) is 10.5 Å². The molecule has 2 aromatic carbocycles. The van der Waals surface area contributed by atoms with E-state index < -0.39 is 10.0 Å². The third-order valence-corrected chi connectivity index (χ3v) is 10.5. The summed E-state index contributed by atoms with van der Waals surface area (Å²) in [5.74, 6) is -0.511. The first-order valence-electron chi connectivity index (χ1n) is 13.1. The molecule has 0 radical (unpaired) electrons. The zero-order chi connectivity index (χ0) is 27.9. The number of hydrogen-bond donors (Lipinski definition) is 1. The second-order valence-corrected chi connectivity index (χ2v) is 13.6. The Morgan fingerprint density at radius 3 is 2.31 bits per heavy atom. The molecule has 5 rings (SSSR count). The summed E-state index contributed by atoms with van der Waals surface area (Å²) in [6.45, 7) is 6.67. The van der Waals surface area contributed by atoms with Gasteiger partial charge in [-0.3, -0.25) is 14.5 Å². The Hall–Kier alpha value is -3.05. The maximum absolute atomic E-state index is 13.3. The van der Waals surface area contributed by atoms with E-state index in [1.807, 2.05) is 24.3 Å². The lowest BCUT2D eigenvalue weighted by Gasteiger charge is -2.30. The number of carbonyl (C=O) groups excluding carboxylic acids is 2. The summed E-state index contributed by atoms with van der Waals surface area (Å²) in [4.78, 5) is 31.5. The quantitative estimate of drug-likeness (QED) is 0.483. The summed E-state index contributed by atoms with van der Waals surface area (Å²) in [5, 5.41) is 3.49. The highest BCUT2D eigenvalue weighted by atomic mass is 32.2. The highest BCUT2D eigenvalue weighted by Crippen LogP contribution is 2.38. The van der Waals surface area contributed by atoms with Crippen molar-refractivity contribution >= 4 is 38.2 Å². The Kier molecular flexibility index (Phi) is 7.65. The summed E-state index contributed by atoms with van der Waals surface area (Å²) in [6, 6.07) is 14.3. The summed E-state index contributed by atoms with van der Waals surface area (Å²) in [6.07, 6.45) is 1.42. The first kappa shape index (κ1) is 27.5. The van der Waals surface area contributed by atoms with Crippen molar-refractivity contribution in [1.29, 1.82) is 0 Å². The molecule has 1 N–H and O–H groups in total. The lowest BCUT2D eigenvalue weighted by molar-refractivity contribution is 0.0827. The number of amides is 2. The van der Waals surface area contributed by atoms with E-state index in [4.69, 9.17) is 0 Å². The van der Waals surface area contributed by atoms with E-state index >= 15 is 0 Å². The van der Waals surface area contributed by atoms with Crippen LogP contribution in [-0.2, 0) is 36.0 Å². The van der Waals surface area contributed by atoms with Crippen LogP contribution in [0.5, 0.6) is 0 Å². The molecule has 0 atom stereocenters. The fraction of sp³-hybridized carbons (Fsp3) is 0.379. The highest BCUT2D eigenvalue weighted by molar-refractivity contribution is 7.89. The minimum absolute atomic E-state index is 0.134. The Balaban J connectivity index is 1.36. The van der Waals surface area contributed by atoms with Crippen molar-refractivity contribution in [1.82, 2.24) is 14.1 Å². The largest absolute Gasteiger partial charge is 0.345 e. The number of benzene rings is 2. The van der Waals surface area contributed by atoms with E-state index in [1.165, 1.54) is 50.4 Å². The molecular formula is C29H34N4O4S2. The Bertz CT molecular complexity index is 1510. The van der Waals surface area contributed by atoms with Crippen LogP contribution in [0.25, 0.3) is 0 Å². The summed E-state index contributed by atoms with van der Waals surface area (Å²) in [5.41, 5.74) is 4.09. The molecule has 2 amide bonds. The van der Waals surface area contributed by atoms with E-state index in [0.29, 0.717) is 41.7 Å². The van der Waals surface area contributed by atoms with Crippen LogP contribution in [-0.4, -0.2) is 67.6 Å². The first-order valence-corrected chi connectivity index (χ1v) is 15.4. The predicted molar refractivity (Wildman–Crippen MR) is 154 cm³/mol. The maximum Gasteiger partial charge on any atom is 0.256 e. The number of carbonyl (C=O) groups is 2. The van der Waals surface area contributed by atoms with Crippen molar-refractivity contribution in [2.75, 3.05) is 32.5 Å². The molecule has 10 heteroatoms. The number of anilines is 1. The van der Waals surface area contributed by atoms with Crippen LogP contribution in [0.15, 0.2) is 53.4 Å². The van der Waals surface area contributed by atoms with Gasteiger partial charge in [0.1, 0.15) is 5.00 Å². The van der Waals surface area contributed by atoms with Gasteiger partial charge in [-0.2, -0.15) is 4.31 Å². The molecule has 0 unspecified atom stereocenters. The predicted octanol–water partition coefficient (Wildman–Crippen LogP) is 4.22. The van der Waals surface area contributed by atoms with Crippen LogP contribution < -0.4 is 5.32 Å². The van der Waals surface area contributed by atoms with Gasteiger partial charge in [-0.1, -0.05) is 24.3 Å². The summed E-state index contributed by atoms with van der Waals surface area (Å²) >= 11 is 1.45. The Morgan fingerprint density at radius 1 is 0.949 bits per heavy atom. The number of thiophene rings is 1. The van der Waals surface area contributed by atoms with Gasteiger partial charge in [0.2, 0.25) is 10.0 Å². The minimum atomic E-state index is -3.70. The molecule has 2 aliphatic rings. The number of fused-ring (bicyclic) bond motifs is 2. The van der Waals surface area contributed by atoms with Crippen molar-refractivity contribution in [2.45, 2.75) is 50.7 Å². The van der Waals surface area contributed by atoms with E-state index in [-0.39, 0.29) is 16.7 Å². The molecular weight excluding hydrogens is 532 g/mol. The fourth-order valence-corrected chi connectivity index (χ4v) is 7.86. The van der Waals surface area contributed by atoms with Gasteiger partial charge in [-0.15, -0.1) is 11.3 Å². The number of hydrogen-bond acceptors (Lipinski definition) is 6. The summed E-state index contributed by atoms with van der Waals surface area (Å²) < 4.78 is 28.1. The third kappa shape index (κ3) is 5.38. The molecule has 0 bridgehead atoms. The van der Waals surface area contributed by atoms with Gasteiger partial charge in [0.15, 0.2) is 0 Å². The van der Waals surface area contributed by atoms with Crippen molar-refractivity contribution in [3.8, 4) is 0 Å². The first-order chi connectivity index (χ1) is 18.6. The van der Waals surface area contributed by atoms with Gasteiger partial charge < -0.3 is 10.2 Å². The lowest BCUT2D eigenvalue weighted by atomic mass is 10.0. The van der Waals surface area contributed by atoms with Gasteiger partial charge in [-0.25, -0.2) is 8.42 Å². The molecule has 8 nitrogen and oxygen atoms in total. The topological polar surface area (TPSA) is 90.0 Å². The van der Waals surface area contributed by atoms with E-state index in [2.05, 4.69) is 24.1 Å². The van der Waals surface area contributed by atoms with Crippen LogP contribution in [0.3, 0.4) is 0 Å². The van der Waals surface area contributed by atoms with Gasteiger partial charge in [0, 0.05) is 56.8 Å². The smallest absolute Gasteiger partial charge is 0.256 e. The molecule has 39 heavy (non-hydrogen) atoms. The van der Waals surface area contributed by atoms with Crippen LogP contribution in [0.2, 0.25) is 0 Å². The Labute approximate surface area is 234 Å². The third-order valence-electron chi connectivity index (χ3n) is 7.51. The van der Waals surface area contributed by atoms with Crippen molar-refractivity contribution < 1.29 is 18.0 Å². The van der Waals surface area contributed by atoms with Crippen molar-refractivity contribution in [2.24, 2.45) is 0 Å². The number of nitrogens with zero attached hydrogens (tertiary/aromatic N) is 3.